The normalized spacial score (nSPS) is 10.6. The molecule has 17 heavy (non-hydrogen) atoms. The molecule has 0 saturated heterocycles. The van der Waals surface area contributed by atoms with Gasteiger partial charge in [0.05, 0.1) is 0 Å². The number of hydrogen-bond donors (Lipinski definition) is 1. The fourth-order valence-electron chi connectivity index (χ4n) is 1.58. The Bertz CT molecular complexity index is 363. The van der Waals surface area contributed by atoms with Crippen LogP contribution in [0.4, 0.5) is 5.69 Å². The van der Waals surface area contributed by atoms with Crippen molar-refractivity contribution in [3.05, 3.63) is 29.8 Å². The Morgan fingerprint density at radius 3 is 2.76 bits per heavy atom. The number of carbonyl (C=O) groups is 1. The molecule has 0 aliphatic rings. The van der Waals surface area contributed by atoms with E-state index in [9.17, 15) is 4.79 Å². The van der Waals surface area contributed by atoms with Crippen LogP contribution in [0.5, 0.6) is 0 Å². The third-order valence-electron chi connectivity index (χ3n) is 2.62. The number of rotatable bonds is 6. The number of amides is 1. The summed E-state index contributed by atoms with van der Waals surface area (Å²) in [6.07, 6.45) is 2.28. The molecule has 0 fully saturated rings. The topological polar surface area (TPSA) is 29.1 Å². The quantitative estimate of drug-likeness (QED) is 0.599. The van der Waals surface area contributed by atoms with Gasteiger partial charge in [-0.15, -0.1) is 11.6 Å². The molecule has 1 aromatic carbocycles. The van der Waals surface area contributed by atoms with Crippen LogP contribution in [0.2, 0.25) is 0 Å². The first kappa shape index (κ1) is 14.0. The molecule has 1 amide bonds. The van der Waals surface area contributed by atoms with Crippen molar-refractivity contribution in [3.63, 3.8) is 0 Å². The molecule has 0 saturated carbocycles. The van der Waals surface area contributed by atoms with Gasteiger partial charge in [-0.05, 0) is 36.5 Å². The molecule has 0 aliphatic heterocycles. The summed E-state index contributed by atoms with van der Waals surface area (Å²) in [6, 6.07) is 8.01. The van der Waals surface area contributed by atoms with Gasteiger partial charge < -0.3 is 5.32 Å². The fourth-order valence-corrected chi connectivity index (χ4v) is 1.77. The maximum atomic E-state index is 11.6. The van der Waals surface area contributed by atoms with Crippen molar-refractivity contribution in [3.8, 4) is 0 Å². The van der Waals surface area contributed by atoms with E-state index in [0.717, 1.165) is 18.5 Å². The molecule has 94 valence electrons. The monoisotopic (exact) mass is 253 g/mol. The lowest BCUT2D eigenvalue weighted by Crippen LogP contribution is -2.11. The molecule has 0 aliphatic carbocycles. The van der Waals surface area contributed by atoms with Crippen LogP contribution in [-0.4, -0.2) is 11.8 Å². The number of nitrogens with one attached hydrogen (secondary N) is 1. The average Bonchev–Trinajstić information content (AvgIpc) is 2.29. The largest absolute Gasteiger partial charge is 0.326 e. The van der Waals surface area contributed by atoms with Crippen LogP contribution in [0.1, 0.15) is 44.6 Å². The second-order valence-electron chi connectivity index (χ2n) is 4.47. The lowest BCUT2D eigenvalue weighted by Gasteiger charge is -2.09. The highest BCUT2D eigenvalue weighted by molar-refractivity contribution is 6.17. The number of anilines is 1. The molecule has 0 heterocycles. The van der Waals surface area contributed by atoms with E-state index in [1.165, 1.54) is 5.56 Å². The first-order valence-electron chi connectivity index (χ1n) is 6.09. The Morgan fingerprint density at radius 2 is 2.12 bits per heavy atom. The van der Waals surface area contributed by atoms with Gasteiger partial charge in [0, 0.05) is 18.0 Å². The minimum atomic E-state index is 0.0658. The summed E-state index contributed by atoms with van der Waals surface area (Å²) in [7, 11) is 0. The van der Waals surface area contributed by atoms with Gasteiger partial charge in [-0.2, -0.15) is 0 Å². The van der Waals surface area contributed by atoms with Crippen LogP contribution in [0, 0.1) is 0 Å². The summed E-state index contributed by atoms with van der Waals surface area (Å²) in [5.41, 5.74) is 2.12. The van der Waals surface area contributed by atoms with Gasteiger partial charge in [-0.1, -0.05) is 26.0 Å². The smallest absolute Gasteiger partial charge is 0.224 e. The first-order valence-corrected chi connectivity index (χ1v) is 6.62. The van der Waals surface area contributed by atoms with Crippen molar-refractivity contribution in [2.45, 2.75) is 39.0 Å². The molecule has 0 atom stereocenters. The van der Waals surface area contributed by atoms with Gasteiger partial charge in [0.15, 0.2) is 0 Å². The van der Waals surface area contributed by atoms with E-state index in [-0.39, 0.29) is 5.91 Å². The lowest BCUT2D eigenvalue weighted by molar-refractivity contribution is -0.116. The lowest BCUT2D eigenvalue weighted by atomic mass is 10.0. The second kappa shape index (κ2) is 7.33. The molecule has 1 aromatic rings. The second-order valence-corrected chi connectivity index (χ2v) is 4.85. The van der Waals surface area contributed by atoms with Crippen LogP contribution in [0.3, 0.4) is 0 Å². The SMILES string of the molecule is CC(C)c1cccc(NC(=O)CCCCCl)c1. The van der Waals surface area contributed by atoms with Gasteiger partial charge in [0.2, 0.25) is 5.91 Å². The predicted molar refractivity (Wildman–Crippen MR) is 73.7 cm³/mol. The zero-order chi connectivity index (χ0) is 12.7. The molecule has 0 spiro atoms. The van der Waals surface area contributed by atoms with Crippen LogP contribution >= 0.6 is 11.6 Å². The highest BCUT2D eigenvalue weighted by Crippen LogP contribution is 2.18. The van der Waals surface area contributed by atoms with Crippen LogP contribution < -0.4 is 5.32 Å². The summed E-state index contributed by atoms with van der Waals surface area (Å²) in [5.74, 6) is 1.16. The zero-order valence-corrected chi connectivity index (χ0v) is 11.3. The molecular formula is C14H20ClNO. The number of carbonyl (C=O) groups excluding carboxylic acids is 1. The van der Waals surface area contributed by atoms with E-state index in [0.29, 0.717) is 18.2 Å². The summed E-state index contributed by atoms with van der Waals surface area (Å²) in [5, 5.41) is 2.91. The van der Waals surface area contributed by atoms with Gasteiger partial charge in [-0.25, -0.2) is 0 Å². The Kier molecular flexibility index (Phi) is 6.06. The van der Waals surface area contributed by atoms with Crippen molar-refractivity contribution >= 4 is 23.2 Å². The van der Waals surface area contributed by atoms with E-state index < -0.39 is 0 Å². The van der Waals surface area contributed by atoms with Crippen LogP contribution in [0.15, 0.2) is 24.3 Å². The Labute approximate surface area is 108 Å². The number of unbranched alkanes of at least 4 members (excludes halogenated alkanes) is 1. The molecule has 0 unspecified atom stereocenters. The van der Waals surface area contributed by atoms with Crippen molar-refractivity contribution in [1.29, 1.82) is 0 Å². The summed E-state index contributed by atoms with van der Waals surface area (Å²) in [4.78, 5) is 11.6. The molecule has 1 rings (SSSR count). The van der Waals surface area contributed by atoms with Crippen molar-refractivity contribution in [1.82, 2.24) is 0 Å². The minimum absolute atomic E-state index is 0.0658. The highest BCUT2D eigenvalue weighted by Gasteiger charge is 2.04. The van der Waals surface area contributed by atoms with Gasteiger partial charge in [0.25, 0.3) is 0 Å². The van der Waals surface area contributed by atoms with Gasteiger partial charge in [0.1, 0.15) is 0 Å². The van der Waals surface area contributed by atoms with E-state index in [2.05, 4.69) is 25.2 Å². The molecular weight excluding hydrogens is 234 g/mol. The predicted octanol–water partition coefficient (Wildman–Crippen LogP) is 4.16. The Hall–Kier alpha value is -1.02. The average molecular weight is 254 g/mol. The minimum Gasteiger partial charge on any atom is -0.326 e. The molecule has 0 aromatic heterocycles. The maximum Gasteiger partial charge on any atom is 0.224 e. The molecule has 0 radical (unpaired) electrons. The zero-order valence-electron chi connectivity index (χ0n) is 10.5. The summed E-state index contributed by atoms with van der Waals surface area (Å²) < 4.78 is 0. The highest BCUT2D eigenvalue weighted by atomic mass is 35.5. The molecule has 1 N–H and O–H groups in total. The van der Waals surface area contributed by atoms with Gasteiger partial charge >= 0.3 is 0 Å². The number of halogens is 1. The number of hydrogen-bond acceptors (Lipinski definition) is 1. The standard InChI is InChI=1S/C14H20ClNO/c1-11(2)12-6-5-7-13(10-12)16-14(17)8-3-4-9-15/h5-7,10-11H,3-4,8-9H2,1-2H3,(H,16,17). The summed E-state index contributed by atoms with van der Waals surface area (Å²) in [6.45, 7) is 4.28. The van der Waals surface area contributed by atoms with E-state index in [1.807, 2.05) is 18.2 Å². The first-order chi connectivity index (χ1) is 8.13. The van der Waals surface area contributed by atoms with Gasteiger partial charge in [-0.3, -0.25) is 4.79 Å². The van der Waals surface area contributed by atoms with Crippen molar-refractivity contribution in [2.24, 2.45) is 0 Å². The van der Waals surface area contributed by atoms with Crippen LogP contribution in [-0.2, 0) is 4.79 Å². The Balaban J connectivity index is 2.50. The van der Waals surface area contributed by atoms with Crippen molar-refractivity contribution in [2.75, 3.05) is 11.2 Å². The van der Waals surface area contributed by atoms with Crippen LogP contribution in [0.25, 0.3) is 0 Å². The van der Waals surface area contributed by atoms with E-state index in [4.69, 9.17) is 11.6 Å². The maximum absolute atomic E-state index is 11.6. The van der Waals surface area contributed by atoms with E-state index >= 15 is 0 Å². The number of benzene rings is 1. The molecule has 3 heteroatoms. The fraction of sp³-hybridized carbons (Fsp3) is 0.500. The third-order valence-corrected chi connectivity index (χ3v) is 2.89. The van der Waals surface area contributed by atoms with Crippen molar-refractivity contribution < 1.29 is 4.79 Å². The van der Waals surface area contributed by atoms with E-state index in [1.54, 1.807) is 0 Å². The number of alkyl halides is 1. The third kappa shape index (κ3) is 5.22. The summed E-state index contributed by atoms with van der Waals surface area (Å²) >= 11 is 5.57. The molecule has 2 nitrogen and oxygen atoms in total. The molecule has 0 bridgehead atoms. The Morgan fingerprint density at radius 1 is 1.35 bits per heavy atom.